The first-order chi connectivity index (χ1) is 8.04. The number of carbonyl (C=O) groups excluding carboxylic acids is 1. The summed E-state index contributed by atoms with van der Waals surface area (Å²) in [5.74, 6) is -1.24. The van der Waals surface area contributed by atoms with Crippen LogP contribution in [0, 0.1) is 6.92 Å². The van der Waals surface area contributed by atoms with Gasteiger partial charge in [0.05, 0.1) is 6.42 Å². The molecule has 0 aliphatic carbocycles. The van der Waals surface area contributed by atoms with E-state index in [-0.39, 0.29) is 18.4 Å². The molecule has 0 radical (unpaired) electrons. The Labute approximate surface area is 99.9 Å². The molecule has 0 bridgehead atoms. The molecule has 5 nitrogen and oxygen atoms in total. The van der Waals surface area contributed by atoms with Crippen molar-refractivity contribution in [2.24, 2.45) is 0 Å². The van der Waals surface area contributed by atoms with Gasteiger partial charge in [-0.1, -0.05) is 13.0 Å². The maximum Gasteiger partial charge on any atom is 0.305 e. The minimum Gasteiger partial charge on any atom is -0.481 e. The fourth-order valence-corrected chi connectivity index (χ4v) is 1.49. The number of nitrogens with zero attached hydrogens (tertiary/aromatic N) is 1. The van der Waals surface area contributed by atoms with E-state index in [1.807, 2.05) is 6.92 Å². The number of hydrogen-bond acceptors (Lipinski definition) is 3. The number of carbonyl (C=O) groups is 2. The quantitative estimate of drug-likeness (QED) is 0.809. The number of hydrogen-bond donors (Lipinski definition) is 2. The molecule has 0 aliphatic rings. The number of rotatable bonds is 5. The number of aromatic nitrogens is 1. The molecule has 0 saturated heterocycles. The van der Waals surface area contributed by atoms with Crippen LogP contribution in [0.5, 0.6) is 0 Å². The van der Waals surface area contributed by atoms with Crippen molar-refractivity contribution in [2.45, 2.75) is 32.7 Å². The Hall–Kier alpha value is -1.91. The summed E-state index contributed by atoms with van der Waals surface area (Å²) in [7, 11) is 0. The highest BCUT2D eigenvalue weighted by atomic mass is 16.4. The van der Waals surface area contributed by atoms with E-state index in [9.17, 15) is 9.59 Å². The molecule has 1 atom stereocenters. The summed E-state index contributed by atoms with van der Waals surface area (Å²) in [5, 5.41) is 11.4. The van der Waals surface area contributed by atoms with E-state index < -0.39 is 5.97 Å². The van der Waals surface area contributed by atoms with Crippen molar-refractivity contribution in [3.63, 3.8) is 0 Å². The average Bonchev–Trinajstić information content (AvgIpc) is 2.27. The van der Waals surface area contributed by atoms with Gasteiger partial charge in [-0.2, -0.15) is 0 Å². The smallest absolute Gasteiger partial charge is 0.305 e. The number of aryl methyl sites for hydroxylation is 1. The molecule has 1 amide bonds. The Balaban J connectivity index is 2.71. The van der Waals surface area contributed by atoms with E-state index in [0.717, 1.165) is 5.56 Å². The number of carboxylic acids is 1. The first-order valence-corrected chi connectivity index (χ1v) is 5.48. The summed E-state index contributed by atoms with van der Waals surface area (Å²) < 4.78 is 0. The summed E-state index contributed by atoms with van der Waals surface area (Å²) in [4.78, 5) is 26.4. The van der Waals surface area contributed by atoms with Gasteiger partial charge in [-0.3, -0.25) is 14.6 Å². The van der Waals surface area contributed by atoms with Crippen LogP contribution in [0.4, 0.5) is 0 Å². The molecular formula is C12H16N2O3. The fourth-order valence-electron chi connectivity index (χ4n) is 1.49. The molecule has 1 heterocycles. The Bertz CT molecular complexity index is 418. The first-order valence-electron chi connectivity index (χ1n) is 5.48. The van der Waals surface area contributed by atoms with Crippen molar-refractivity contribution in [3.8, 4) is 0 Å². The summed E-state index contributed by atoms with van der Waals surface area (Å²) in [6.45, 7) is 3.62. The van der Waals surface area contributed by atoms with Crippen molar-refractivity contribution >= 4 is 11.9 Å². The third-order valence-corrected chi connectivity index (χ3v) is 2.47. The van der Waals surface area contributed by atoms with Crippen molar-refractivity contribution < 1.29 is 14.7 Å². The van der Waals surface area contributed by atoms with E-state index in [4.69, 9.17) is 5.11 Å². The summed E-state index contributed by atoms with van der Waals surface area (Å²) >= 11 is 0. The molecule has 0 saturated carbocycles. The van der Waals surface area contributed by atoms with E-state index in [1.54, 1.807) is 25.3 Å². The highest BCUT2D eigenvalue weighted by molar-refractivity contribution is 5.94. The summed E-state index contributed by atoms with van der Waals surface area (Å²) in [6.07, 6.45) is 2.04. The highest BCUT2D eigenvalue weighted by Gasteiger charge is 2.16. The van der Waals surface area contributed by atoms with Crippen LogP contribution >= 0.6 is 0 Å². The van der Waals surface area contributed by atoms with Gasteiger partial charge in [0.2, 0.25) is 0 Å². The molecule has 2 N–H and O–H groups in total. The Kier molecular flexibility index (Phi) is 4.63. The number of carboxylic acid groups (broad SMARTS) is 1. The van der Waals surface area contributed by atoms with E-state index in [1.165, 1.54) is 0 Å². The first kappa shape index (κ1) is 13.2. The maximum atomic E-state index is 11.8. The number of amides is 1. The van der Waals surface area contributed by atoms with Gasteiger partial charge >= 0.3 is 5.97 Å². The van der Waals surface area contributed by atoms with E-state index in [2.05, 4.69) is 10.3 Å². The molecule has 0 aliphatic heterocycles. The van der Waals surface area contributed by atoms with Crippen LogP contribution in [-0.4, -0.2) is 28.0 Å². The minimum absolute atomic E-state index is 0.0753. The van der Waals surface area contributed by atoms with Gasteiger partial charge in [-0.05, 0) is 25.0 Å². The van der Waals surface area contributed by atoms with E-state index in [0.29, 0.717) is 12.1 Å². The molecule has 0 spiro atoms. The zero-order valence-electron chi connectivity index (χ0n) is 9.93. The van der Waals surface area contributed by atoms with Crippen LogP contribution in [0.2, 0.25) is 0 Å². The third-order valence-electron chi connectivity index (χ3n) is 2.47. The molecule has 17 heavy (non-hydrogen) atoms. The average molecular weight is 236 g/mol. The molecule has 5 heteroatoms. The second kappa shape index (κ2) is 5.98. The lowest BCUT2D eigenvalue weighted by Gasteiger charge is -2.15. The standard InChI is InChI=1S/C12H16N2O3/c1-3-9(7-10(15)16)14-12(17)11-8(2)5-4-6-13-11/h4-6,9H,3,7H2,1-2H3,(H,14,17)(H,15,16). The topological polar surface area (TPSA) is 79.3 Å². The minimum atomic E-state index is -0.921. The molecule has 92 valence electrons. The Morgan fingerprint density at radius 2 is 2.24 bits per heavy atom. The molecular weight excluding hydrogens is 220 g/mol. The van der Waals surface area contributed by atoms with Gasteiger partial charge in [-0.15, -0.1) is 0 Å². The summed E-state index contributed by atoms with van der Waals surface area (Å²) in [6, 6.07) is 3.18. The lowest BCUT2D eigenvalue weighted by molar-refractivity contribution is -0.137. The van der Waals surface area contributed by atoms with Crippen molar-refractivity contribution in [3.05, 3.63) is 29.6 Å². The summed E-state index contributed by atoms with van der Waals surface area (Å²) in [5.41, 5.74) is 1.12. The van der Waals surface area contributed by atoms with Crippen LogP contribution in [0.1, 0.15) is 35.8 Å². The predicted octanol–water partition coefficient (Wildman–Crippen LogP) is 1.37. The lowest BCUT2D eigenvalue weighted by atomic mass is 10.1. The Morgan fingerprint density at radius 3 is 2.76 bits per heavy atom. The zero-order valence-corrected chi connectivity index (χ0v) is 9.93. The Morgan fingerprint density at radius 1 is 1.53 bits per heavy atom. The van der Waals surface area contributed by atoms with Crippen molar-refractivity contribution in [1.29, 1.82) is 0 Å². The maximum absolute atomic E-state index is 11.8. The highest BCUT2D eigenvalue weighted by Crippen LogP contribution is 2.05. The normalized spacial score (nSPS) is 11.9. The molecule has 0 fully saturated rings. The molecule has 1 aromatic heterocycles. The lowest BCUT2D eigenvalue weighted by Crippen LogP contribution is -2.36. The van der Waals surface area contributed by atoms with Gasteiger partial charge in [-0.25, -0.2) is 0 Å². The van der Waals surface area contributed by atoms with Crippen LogP contribution in [0.3, 0.4) is 0 Å². The van der Waals surface area contributed by atoms with Gasteiger partial charge in [0.1, 0.15) is 5.69 Å². The third kappa shape index (κ3) is 3.86. The molecule has 1 rings (SSSR count). The van der Waals surface area contributed by atoms with Gasteiger partial charge < -0.3 is 10.4 Å². The molecule has 1 unspecified atom stereocenters. The number of nitrogens with one attached hydrogen (secondary N) is 1. The van der Waals surface area contributed by atoms with E-state index >= 15 is 0 Å². The zero-order chi connectivity index (χ0) is 12.8. The SMILES string of the molecule is CCC(CC(=O)O)NC(=O)c1ncccc1C. The van der Waals surface area contributed by atoms with Gasteiger partial charge in [0.25, 0.3) is 5.91 Å². The van der Waals surface area contributed by atoms with Crippen molar-refractivity contribution in [2.75, 3.05) is 0 Å². The second-order valence-electron chi connectivity index (χ2n) is 3.85. The predicted molar refractivity (Wildman–Crippen MR) is 62.8 cm³/mol. The van der Waals surface area contributed by atoms with Crippen molar-refractivity contribution in [1.82, 2.24) is 10.3 Å². The van der Waals surface area contributed by atoms with Crippen LogP contribution in [-0.2, 0) is 4.79 Å². The largest absolute Gasteiger partial charge is 0.481 e. The molecule has 0 aromatic carbocycles. The van der Waals surface area contributed by atoms with Crippen LogP contribution < -0.4 is 5.32 Å². The second-order valence-corrected chi connectivity index (χ2v) is 3.85. The molecule has 1 aromatic rings. The fraction of sp³-hybridized carbons (Fsp3) is 0.417. The van der Waals surface area contributed by atoms with Gasteiger partial charge in [0.15, 0.2) is 0 Å². The number of aliphatic carboxylic acids is 1. The van der Waals surface area contributed by atoms with Crippen LogP contribution in [0.15, 0.2) is 18.3 Å². The monoisotopic (exact) mass is 236 g/mol. The number of pyridine rings is 1. The van der Waals surface area contributed by atoms with Crippen LogP contribution in [0.25, 0.3) is 0 Å². The van der Waals surface area contributed by atoms with Gasteiger partial charge in [0, 0.05) is 12.2 Å².